The van der Waals surface area contributed by atoms with E-state index in [1.807, 2.05) is 0 Å². The normalized spacial score (nSPS) is 9.38. The van der Waals surface area contributed by atoms with Gasteiger partial charge in [-0.1, -0.05) is 13.8 Å². The van der Waals surface area contributed by atoms with Crippen LogP contribution in [0.3, 0.4) is 0 Å². The first-order valence-corrected chi connectivity index (χ1v) is 4.61. The van der Waals surface area contributed by atoms with Gasteiger partial charge in [-0.15, -0.1) is 0 Å². The van der Waals surface area contributed by atoms with E-state index >= 15 is 0 Å². The molecule has 86 valence electrons. The van der Waals surface area contributed by atoms with Crippen molar-refractivity contribution in [2.45, 2.75) is 13.8 Å². The first kappa shape index (κ1) is 13.9. The van der Waals surface area contributed by atoms with E-state index in [1.54, 1.807) is 26.0 Å². The number of esters is 2. The third kappa shape index (κ3) is 4.43. The number of carbonyl (C=O) groups excluding carboxylic acids is 2. The second kappa shape index (κ2) is 7.24. The number of hydrogen-bond donors (Lipinski definition) is 0. The van der Waals surface area contributed by atoms with Crippen LogP contribution in [0.15, 0.2) is 0 Å². The SMILES string of the molecule is CC(C)C(C(=O)OCC#N)C(=O)OCC#N. The molecule has 0 amide bonds. The average molecular weight is 224 g/mol. The Morgan fingerprint density at radius 1 is 1.06 bits per heavy atom. The molecule has 0 saturated carbocycles. The van der Waals surface area contributed by atoms with E-state index in [9.17, 15) is 9.59 Å². The molecular formula is C10H12N2O4. The molecule has 0 spiro atoms. The largest absolute Gasteiger partial charge is 0.450 e. The minimum Gasteiger partial charge on any atom is -0.450 e. The zero-order valence-electron chi connectivity index (χ0n) is 9.10. The first-order valence-electron chi connectivity index (χ1n) is 4.61. The summed E-state index contributed by atoms with van der Waals surface area (Å²) in [5.41, 5.74) is 0. The summed E-state index contributed by atoms with van der Waals surface area (Å²) in [6.45, 7) is 2.47. The molecule has 0 fully saturated rings. The highest BCUT2D eigenvalue weighted by Crippen LogP contribution is 2.14. The molecule has 0 radical (unpaired) electrons. The summed E-state index contributed by atoms with van der Waals surface area (Å²) >= 11 is 0. The van der Waals surface area contributed by atoms with Crippen molar-refractivity contribution in [2.75, 3.05) is 13.2 Å². The van der Waals surface area contributed by atoms with Crippen molar-refractivity contribution in [3.63, 3.8) is 0 Å². The first-order chi connectivity index (χ1) is 7.54. The quantitative estimate of drug-likeness (QED) is 0.494. The highest BCUT2D eigenvalue weighted by atomic mass is 16.6. The summed E-state index contributed by atoms with van der Waals surface area (Å²) in [6, 6.07) is 3.25. The zero-order valence-corrected chi connectivity index (χ0v) is 9.10. The summed E-state index contributed by atoms with van der Waals surface area (Å²) in [6.07, 6.45) is 0. The van der Waals surface area contributed by atoms with Crippen molar-refractivity contribution in [3.8, 4) is 12.1 Å². The summed E-state index contributed by atoms with van der Waals surface area (Å²) in [7, 11) is 0. The molecule has 0 rings (SSSR count). The van der Waals surface area contributed by atoms with E-state index in [2.05, 4.69) is 9.47 Å². The van der Waals surface area contributed by atoms with Crippen LogP contribution in [-0.2, 0) is 19.1 Å². The Labute approximate surface area is 93.4 Å². The van der Waals surface area contributed by atoms with Gasteiger partial charge in [0.1, 0.15) is 12.1 Å². The van der Waals surface area contributed by atoms with Gasteiger partial charge in [0, 0.05) is 0 Å². The standard InChI is InChI=1S/C10H12N2O4/c1-7(2)8(9(13)15-5-3-11)10(14)16-6-4-12/h7-8H,5-6H2,1-2H3. The lowest BCUT2D eigenvalue weighted by molar-refractivity contribution is -0.162. The van der Waals surface area contributed by atoms with Crippen LogP contribution in [0, 0.1) is 34.5 Å². The van der Waals surface area contributed by atoms with Gasteiger partial charge in [0.2, 0.25) is 0 Å². The molecule has 16 heavy (non-hydrogen) atoms. The lowest BCUT2D eigenvalue weighted by atomic mass is 9.96. The minimum atomic E-state index is -1.10. The Morgan fingerprint density at radius 3 is 1.69 bits per heavy atom. The highest BCUT2D eigenvalue weighted by molar-refractivity contribution is 5.95. The van der Waals surface area contributed by atoms with Gasteiger partial charge in [-0.2, -0.15) is 10.5 Å². The van der Waals surface area contributed by atoms with Crippen LogP contribution in [0.25, 0.3) is 0 Å². The van der Waals surface area contributed by atoms with Crippen molar-refractivity contribution in [1.29, 1.82) is 10.5 Å². The lowest BCUT2D eigenvalue weighted by Crippen LogP contribution is -2.32. The van der Waals surface area contributed by atoms with Crippen molar-refractivity contribution in [2.24, 2.45) is 11.8 Å². The Balaban J connectivity index is 4.50. The number of hydrogen-bond acceptors (Lipinski definition) is 6. The molecule has 0 aromatic rings. The Hall–Kier alpha value is -2.08. The predicted molar refractivity (Wildman–Crippen MR) is 51.5 cm³/mol. The monoisotopic (exact) mass is 224 g/mol. The summed E-state index contributed by atoms with van der Waals surface area (Å²) < 4.78 is 9.06. The van der Waals surface area contributed by atoms with E-state index in [0.717, 1.165) is 0 Å². The van der Waals surface area contributed by atoms with E-state index in [1.165, 1.54) is 0 Å². The van der Waals surface area contributed by atoms with E-state index in [0.29, 0.717) is 0 Å². The Bertz CT molecular complexity index is 308. The molecule has 0 aliphatic rings. The summed E-state index contributed by atoms with van der Waals surface area (Å²) in [5.74, 6) is -3.03. The van der Waals surface area contributed by atoms with Crippen LogP contribution in [0.4, 0.5) is 0 Å². The second-order valence-corrected chi connectivity index (χ2v) is 3.25. The number of rotatable bonds is 5. The van der Waals surface area contributed by atoms with Gasteiger partial charge >= 0.3 is 11.9 Å². The van der Waals surface area contributed by atoms with E-state index < -0.39 is 31.1 Å². The lowest BCUT2D eigenvalue weighted by Gasteiger charge is -2.16. The van der Waals surface area contributed by atoms with Gasteiger partial charge in [0.15, 0.2) is 19.1 Å². The fourth-order valence-corrected chi connectivity index (χ4v) is 1.03. The zero-order chi connectivity index (χ0) is 12.6. The van der Waals surface area contributed by atoms with Crippen LogP contribution in [0.1, 0.15) is 13.8 Å². The van der Waals surface area contributed by atoms with Gasteiger partial charge in [-0.05, 0) is 5.92 Å². The molecule has 0 saturated heterocycles. The Kier molecular flexibility index (Phi) is 6.30. The van der Waals surface area contributed by atoms with Crippen molar-refractivity contribution >= 4 is 11.9 Å². The fraction of sp³-hybridized carbons (Fsp3) is 0.600. The molecule has 0 heterocycles. The molecule has 0 aromatic heterocycles. The maximum absolute atomic E-state index is 11.4. The second-order valence-electron chi connectivity index (χ2n) is 3.25. The molecule has 6 heteroatoms. The van der Waals surface area contributed by atoms with Crippen molar-refractivity contribution in [3.05, 3.63) is 0 Å². The average Bonchev–Trinajstić information content (AvgIpc) is 2.23. The van der Waals surface area contributed by atoms with Gasteiger partial charge in [0.25, 0.3) is 0 Å². The smallest absolute Gasteiger partial charge is 0.321 e. The van der Waals surface area contributed by atoms with Gasteiger partial charge in [-0.3, -0.25) is 9.59 Å². The third-order valence-electron chi connectivity index (χ3n) is 1.73. The molecule has 0 aromatic carbocycles. The number of nitriles is 2. The summed E-state index contributed by atoms with van der Waals surface area (Å²) in [4.78, 5) is 22.8. The van der Waals surface area contributed by atoms with Crippen LogP contribution in [-0.4, -0.2) is 25.2 Å². The van der Waals surface area contributed by atoms with E-state index in [-0.39, 0.29) is 5.92 Å². The molecule has 0 aliphatic carbocycles. The summed E-state index contributed by atoms with van der Waals surface area (Å²) in [5, 5.41) is 16.5. The van der Waals surface area contributed by atoms with Crippen LogP contribution in [0.2, 0.25) is 0 Å². The van der Waals surface area contributed by atoms with Crippen molar-refractivity contribution in [1.82, 2.24) is 0 Å². The number of ether oxygens (including phenoxy) is 2. The molecule has 0 N–H and O–H groups in total. The fourth-order valence-electron chi connectivity index (χ4n) is 1.03. The Morgan fingerprint density at radius 2 is 1.44 bits per heavy atom. The molecule has 6 nitrogen and oxygen atoms in total. The number of carbonyl (C=O) groups is 2. The van der Waals surface area contributed by atoms with E-state index in [4.69, 9.17) is 10.5 Å². The minimum absolute atomic E-state index is 0.322. The van der Waals surface area contributed by atoms with Gasteiger partial charge in [0.05, 0.1) is 0 Å². The maximum atomic E-state index is 11.4. The molecule has 0 aliphatic heterocycles. The van der Waals surface area contributed by atoms with Crippen LogP contribution >= 0.6 is 0 Å². The topological polar surface area (TPSA) is 100 Å². The third-order valence-corrected chi connectivity index (χ3v) is 1.73. The number of nitrogens with zero attached hydrogens (tertiary/aromatic N) is 2. The molecule has 0 bridgehead atoms. The predicted octanol–water partition coefficient (Wildman–Crippen LogP) is 0.392. The van der Waals surface area contributed by atoms with Crippen LogP contribution in [0.5, 0.6) is 0 Å². The van der Waals surface area contributed by atoms with Gasteiger partial charge < -0.3 is 9.47 Å². The molecule has 0 atom stereocenters. The van der Waals surface area contributed by atoms with Crippen LogP contribution < -0.4 is 0 Å². The van der Waals surface area contributed by atoms with Crippen molar-refractivity contribution < 1.29 is 19.1 Å². The van der Waals surface area contributed by atoms with Gasteiger partial charge in [-0.25, -0.2) is 0 Å². The molecule has 0 unspecified atom stereocenters. The highest BCUT2D eigenvalue weighted by Gasteiger charge is 2.32. The maximum Gasteiger partial charge on any atom is 0.321 e. The molecular weight excluding hydrogens is 212 g/mol.